The van der Waals surface area contributed by atoms with E-state index in [9.17, 15) is 18.4 Å². The molecule has 1 atom stereocenters. The second-order valence-electron chi connectivity index (χ2n) is 7.31. The smallest absolute Gasteiger partial charge is 0.410 e. The van der Waals surface area contributed by atoms with E-state index in [1.165, 1.54) is 18.2 Å². The molecule has 1 unspecified atom stereocenters. The zero-order chi connectivity index (χ0) is 19.6. The fourth-order valence-electron chi connectivity index (χ4n) is 2.76. The molecule has 0 saturated carbocycles. The van der Waals surface area contributed by atoms with Crippen LogP contribution in [0, 0.1) is 0 Å². The van der Waals surface area contributed by atoms with Crippen molar-refractivity contribution in [2.75, 3.05) is 19.6 Å². The highest BCUT2D eigenvalue weighted by Crippen LogP contribution is 2.29. The van der Waals surface area contributed by atoms with Gasteiger partial charge < -0.3 is 14.5 Å². The molecule has 1 saturated heterocycles. The number of halogens is 3. The average Bonchev–Trinajstić information content (AvgIpc) is 2.52. The van der Waals surface area contributed by atoms with Gasteiger partial charge in [-0.05, 0) is 45.9 Å². The first-order chi connectivity index (χ1) is 12.0. The van der Waals surface area contributed by atoms with E-state index in [2.05, 4.69) is 15.9 Å². The van der Waals surface area contributed by atoms with Gasteiger partial charge in [-0.25, -0.2) is 13.6 Å². The maximum atomic E-state index is 13.0. The molecule has 0 aliphatic carbocycles. The molecule has 0 spiro atoms. The van der Waals surface area contributed by atoms with Crippen LogP contribution in [-0.2, 0) is 4.74 Å². The van der Waals surface area contributed by atoms with E-state index in [0.717, 1.165) is 0 Å². The molecular weight excluding hydrogens is 410 g/mol. The van der Waals surface area contributed by atoms with Crippen LogP contribution in [0.15, 0.2) is 22.7 Å². The van der Waals surface area contributed by atoms with Gasteiger partial charge in [-0.2, -0.15) is 0 Å². The Bertz CT molecular complexity index is 692. The number of benzene rings is 1. The molecular formula is C18H23BrF2N2O3. The van der Waals surface area contributed by atoms with Crippen molar-refractivity contribution in [3.05, 3.63) is 33.8 Å². The van der Waals surface area contributed by atoms with Crippen LogP contribution in [0.3, 0.4) is 0 Å². The fraction of sp³-hybridized carbons (Fsp3) is 0.556. The summed E-state index contributed by atoms with van der Waals surface area (Å²) in [5, 5.41) is 0. The molecule has 8 heteroatoms. The van der Waals surface area contributed by atoms with E-state index in [-0.39, 0.29) is 27.5 Å². The summed E-state index contributed by atoms with van der Waals surface area (Å²) in [6.07, 6.45) is -3.08. The van der Waals surface area contributed by atoms with Crippen molar-refractivity contribution in [1.82, 2.24) is 9.80 Å². The number of alkyl halides is 2. The highest BCUT2D eigenvalue weighted by molar-refractivity contribution is 9.10. The Kier molecular flexibility index (Phi) is 6.26. The molecule has 0 aromatic heterocycles. The average molecular weight is 433 g/mol. The first kappa shape index (κ1) is 20.6. The summed E-state index contributed by atoms with van der Waals surface area (Å²) < 4.78 is 31.7. The summed E-state index contributed by atoms with van der Waals surface area (Å²) in [7, 11) is 0. The second kappa shape index (κ2) is 7.90. The molecule has 144 valence electrons. The molecule has 5 nitrogen and oxygen atoms in total. The monoisotopic (exact) mass is 432 g/mol. The van der Waals surface area contributed by atoms with Crippen LogP contribution in [0.4, 0.5) is 13.6 Å². The molecule has 26 heavy (non-hydrogen) atoms. The van der Waals surface area contributed by atoms with E-state index >= 15 is 0 Å². The Morgan fingerprint density at radius 3 is 2.46 bits per heavy atom. The topological polar surface area (TPSA) is 49.9 Å². The van der Waals surface area contributed by atoms with Crippen molar-refractivity contribution in [2.24, 2.45) is 0 Å². The number of carbonyl (C=O) groups excluding carboxylic acids is 2. The third-order valence-corrected chi connectivity index (χ3v) is 4.74. The van der Waals surface area contributed by atoms with E-state index in [4.69, 9.17) is 4.74 Å². The van der Waals surface area contributed by atoms with Gasteiger partial charge in [-0.15, -0.1) is 0 Å². The maximum absolute atomic E-state index is 13.0. The van der Waals surface area contributed by atoms with Crippen molar-refractivity contribution in [1.29, 1.82) is 0 Å². The lowest BCUT2D eigenvalue weighted by Gasteiger charge is -2.40. The van der Waals surface area contributed by atoms with Gasteiger partial charge in [-0.1, -0.05) is 15.9 Å². The van der Waals surface area contributed by atoms with Gasteiger partial charge in [0.25, 0.3) is 12.3 Å². The number of nitrogens with zero attached hydrogens (tertiary/aromatic N) is 2. The minimum atomic E-state index is -2.67. The molecule has 2 amide bonds. The molecule has 0 bridgehead atoms. The largest absolute Gasteiger partial charge is 0.444 e. The molecule has 2 rings (SSSR count). The molecule has 1 aliphatic heterocycles. The number of hydrogen-bond donors (Lipinski definition) is 0. The number of rotatable bonds is 2. The minimum Gasteiger partial charge on any atom is -0.444 e. The molecule has 1 fully saturated rings. The van der Waals surface area contributed by atoms with Crippen molar-refractivity contribution < 1.29 is 23.1 Å². The summed E-state index contributed by atoms with van der Waals surface area (Å²) in [5.74, 6) is -0.324. The number of amides is 2. The van der Waals surface area contributed by atoms with Crippen LogP contribution in [-0.4, -0.2) is 53.1 Å². The van der Waals surface area contributed by atoms with E-state index in [1.807, 2.05) is 6.92 Å². The van der Waals surface area contributed by atoms with E-state index < -0.39 is 18.1 Å². The number of carbonyl (C=O) groups is 2. The fourth-order valence-corrected chi connectivity index (χ4v) is 3.18. The van der Waals surface area contributed by atoms with Gasteiger partial charge in [0.05, 0.1) is 0 Å². The van der Waals surface area contributed by atoms with Gasteiger partial charge in [-0.3, -0.25) is 4.79 Å². The summed E-state index contributed by atoms with van der Waals surface area (Å²) >= 11 is 3.07. The number of piperazine rings is 1. The predicted octanol–water partition coefficient (Wildman–Crippen LogP) is 4.47. The van der Waals surface area contributed by atoms with Crippen LogP contribution in [0.5, 0.6) is 0 Å². The Hall–Kier alpha value is -1.70. The zero-order valence-electron chi connectivity index (χ0n) is 15.3. The predicted molar refractivity (Wildman–Crippen MR) is 97.4 cm³/mol. The summed E-state index contributed by atoms with van der Waals surface area (Å²) in [5.41, 5.74) is -0.593. The number of hydrogen-bond acceptors (Lipinski definition) is 3. The van der Waals surface area contributed by atoms with Gasteiger partial charge in [0.1, 0.15) is 5.60 Å². The maximum Gasteiger partial charge on any atom is 0.410 e. The molecule has 1 aromatic rings. The van der Waals surface area contributed by atoms with Crippen molar-refractivity contribution in [3.8, 4) is 0 Å². The van der Waals surface area contributed by atoms with E-state index in [0.29, 0.717) is 19.6 Å². The molecule has 1 aliphatic rings. The quantitative estimate of drug-likeness (QED) is 0.692. The molecule has 1 aromatic carbocycles. The van der Waals surface area contributed by atoms with Crippen molar-refractivity contribution in [2.45, 2.75) is 45.8 Å². The third kappa shape index (κ3) is 4.93. The lowest BCUT2D eigenvalue weighted by molar-refractivity contribution is 0.00197. The highest BCUT2D eigenvalue weighted by atomic mass is 79.9. The SMILES string of the molecule is CC1CN(C(=O)c2ccc(Br)c(C(F)F)c2)CCN1C(=O)OC(C)(C)C. The summed E-state index contributed by atoms with van der Waals surface area (Å²) in [6.45, 7) is 8.19. The van der Waals surface area contributed by atoms with Gasteiger partial charge >= 0.3 is 6.09 Å². The first-order valence-electron chi connectivity index (χ1n) is 8.36. The van der Waals surface area contributed by atoms with Gasteiger partial charge in [0.15, 0.2) is 0 Å². The Morgan fingerprint density at radius 2 is 1.92 bits per heavy atom. The highest BCUT2D eigenvalue weighted by Gasteiger charge is 2.33. The van der Waals surface area contributed by atoms with Crippen LogP contribution < -0.4 is 0 Å². The lowest BCUT2D eigenvalue weighted by Crippen LogP contribution is -2.56. The van der Waals surface area contributed by atoms with Crippen molar-refractivity contribution in [3.63, 3.8) is 0 Å². The minimum absolute atomic E-state index is 0.210. The van der Waals surface area contributed by atoms with Crippen molar-refractivity contribution >= 4 is 27.9 Å². The van der Waals surface area contributed by atoms with Crippen LogP contribution in [0.25, 0.3) is 0 Å². The summed E-state index contributed by atoms with van der Waals surface area (Å²) in [4.78, 5) is 28.1. The second-order valence-corrected chi connectivity index (χ2v) is 8.17. The Labute approximate surface area is 160 Å². The van der Waals surface area contributed by atoms with Crippen LogP contribution in [0.1, 0.15) is 50.0 Å². The molecule has 1 heterocycles. The first-order valence-corrected chi connectivity index (χ1v) is 9.15. The molecule has 0 radical (unpaired) electrons. The Balaban J connectivity index is 2.08. The van der Waals surface area contributed by atoms with Crippen LogP contribution in [0.2, 0.25) is 0 Å². The molecule has 0 N–H and O–H groups in total. The third-order valence-electron chi connectivity index (χ3n) is 4.02. The Morgan fingerprint density at radius 1 is 1.27 bits per heavy atom. The van der Waals surface area contributed by atoms with Gasteiger partial charge in [0, 0.05) is 41.3 Å². The lowest BCUT2D eigenvalue weighted by atomic mass is 10.1. The van der Waals surface area contributed by atoms with Crippen LogP contribution >= 0.6 is 15.9 Å². The van der Waals surface area contributed by atoms with Gasteiger partial charge in [0.2, 0.25) is 0 Å². The normalized spacial score (nSPS) is 18.2. The standard InChI is InChI=1S/C18H23BrF2N2O3/c1-11-10-22(7-8-23(11)17(25)26-18(2,3)4)16(24)12-5-6-14(19)13(9-12)15(20)21/h5-6,9,11,15H,7-8,10H2,1-4H3. The zero-order valence-corrected chi connectivity index (χ0v) is 16.8. The van der Waals surface area contributed by atoms with E-state index in [1.54, 1.807) is 30.6 Å². The summed E-state index contributed by atoms with van der Waals surface area (Å²) in [6, 6.07) is 3.95. The number of ether oxygens (including phenoxy) is 1.